The highest BCUT2D eigenvalue weighted by molar-refractivity contribution is 9.10. The highest BCUT2D eigenvalue weighted by atomic mass is 79.9. The number of nitrogens with one attached hydrogen (secondary N) is 2. The van der Waals surface area contributed by atoms with E-state index in [4.69, 9.17) is 18.9 Å². The van der Waals surface area contributed by atoms with Crippen LogP contribution in [0.1, 0.15) is 32.3 Å². The minimum atomic E-state index is -0.930. The number of benzene rings is 2. The molecule has 0 radical (unpaired) electrons. The van der Waals surface area contributed by atoms with Crippen LogP contribution in [0.5, 0.6) is 17.2 Å². The van der Waals surface area contributed by atoms with Crippen molar-refractivity contribution in [1.29, 1.82) is 0 Å². The van der Waals surface area contributed by atoms with Gasteiger partial charge in [-0.15, -0.1) is 0 Å². The molecule has 39 heavy (non-hydrogen) atoms. The van der Waals surface area contributed by atoms with Gasteiger partial charge in [-0.3, -0.25) is 14.4 Å². The number of hydrogen-bond donors (Lipinski definition) is 2. The fourth-order valence-corrected chi connectivity index (χ4v) is 4.05. The largest absolute Gasteiger partial charge is 0.494 e. The first-order valence-electron chi connectivity index (χ1n) is 12.7. The van der Waals surface area contributed by atoms with Crippen molar-refractivity contribution in [2.24, 2.45) is 5.10 Å². The normalized spacial score (nSPS) is 13.2. The van der Waals surface area contributed by atoms with Crippen LogP contribution in [0.15, 0.2) is 46.0 Å². The second-order valence-electron chi connectivity index (χ2n) is 8.42. The van der Waals surface area contributed by atoms with Crippen LogP contribution in [-0.2, 0) is 19.1 Å². The highest BCUT2D eigenvalue weighted by Crippen LogP contribution is 2.36. The zero-order chi connectivity index (χ0) is 28.0. The molecule has 1 aliphatic heterocycles. The molecule has 0 unspecified atom stereocenters. The fraction of sp³-hybridized carbons (Fsp3) is 0.407. The van der Waals surface area contributed by atoms with Gasteiger partial charge in [0.15, 0.2) is 18.1 Å². The van der Waals surface area contributed by atoms with Crippen molar-refractivity contribution < 1.29 is 33.3 Å². The summed E-state index contributed by atoms with van der Waals surface area (Å²) in [6.45, 7) is 6.82. The smallest absolute Gasteiger partial charge is 0.329 e. The lowest BCUT2D eigenvalue weighted by Crippen LogP contribution is -2.43. The Labute approximate surface area is 235 Å². The molecule has 1 heterocycles. The topological polar surface area (TPSA) is 128 Å². The molecule has 1 fully saturated rings. The summed E-state index contributed by atoms with van der Waals surface area (Å²) >= 11 is 3.45. The monoisotopic (exact) mass is 604 g/mol. The van der Waals surface area contributed by atoms with E-state index < -0.39 is 11.8 Å². The number of rotatable bonds is 12. The maximum atomic E-state index is 12.4. The number of anilines is 1. The summed E-state index contributed by atoms with van der Waals surface area (Å²) in [4.78, 5) is 38.5. The molecule has 2 aromatic carbocycles. The molecule has 0 spiro atoms. The molecule has 3 rings (SSSR count). The first-order chi connectivity index (χ1) is 18.9. The number of morpholine rings is 1. The van der Waals surface area contributed by atoms with Gasteiger partial charge in [0.25, 0.3) is 5.91 Å². The zero-order valence-electron chi connectivity index (χ0n) is 22.0. The second-order valence-corrected chi connectivity index (χ2v) is 9.28. The van der Waals surface area contributed by atoms with Crippen molar-refractivity contribution in [1.82, 2.24) is 10.3 Å². The number of ether oxygens (including phenoxy) is 4. The van der Waals surface area contributed by atoms with Crippen molar-refractivity contribution in [3.8, 4) is 17.2 Å². The quantitative estimate of drug-likeness (QED) is 0.164. The van der Waals surface area contributed by atoms with Crippen LogP contribution >= 0.6 is 15.9 Å². The van der Waals surface area contributed by atoms with Crippen LogP contribution in [0.3, 0.4) is 0 Å². The van der Waals surface area contributed by atoms with Crippen molar-refractivity contribution in [3.63, 3.8) is 0 Å². The second kappa shape index (κ2) is 15.7. The van der Waals surface area contributed by atoms with E-state index in [9.17, 15) is 14.4 Å². The predicted octanol–water partition coefficient (Wildman–Crippen LogP) is 3.35. The summed E-state index contributed by atoms with van der Waals surface area (Å²) in [6, 6.07) is 10.1. The Kier molecular flexibility index (Phi) is 12.0. The van der Waals surface area contributed by atoms with Gasteiger partial charge in [0, 0.05) is 18.8 Å². The van der Waals surface area contributed by atoms with Gasteiger partial charge < -0.3 is 29.2 Å². The summed E-state index contributed by atoms with van der Waals surface area (Å²) in [5.41, 5.74) is 3.22. The van der Waals surface area contributed by atoms with Gasteiger partial charge in [-0.25, -0.2) is 5.43 Å². The molecule has 11 nitrogen and oxygen atoms in total. The van der Waals surface area contributed by atoms with Crippen molar-refractivity contribution >= 4 is 45.6 Å². The fourth-order valence-electron chi connectivity index (χ4n) is 3.48. The van der Waals surface area contributed by atoms with E-state index in [0.717, 1.165) is 12.8 Å². The zero-order valence-corrected chi connectivity index (χ0v) is 23.6. The SMILES string of the molecule is CCCCOc1ccc(NC(=O)C(=O)N/N=C\c2cc(Br)c(OCC(=O)N3CCOCC3)c(OCC)c2)cc1. The van der Waals surface area contributed by atoms with Gasteiger partial charge in [0.1, 0.15) is 5.75 Å². The number of amides is 3. The predicted molar refractivity (Wildman–Crippen MR) is 149 cm³/mol. The lowest BCUT2D eigenvalue weighted by molar-refractivity contribution is -0.137. The van der Waals surface area contributed by atoms with Crippen LogP contribution in [0.2, 0.25) is 0 Å². The number of hydrazone groups is 1. The first kappa shape index (κ1) is 29.9. The number of nitrogens with zero attached hydrogens (tertiary/aromatic N) is 2. The van der Waals surface area contributed by atoms with Gasteiger partial charge in [0.05, 0.1) is 37.1 Å². The molecule has 0 saturated carbocycles. The van der Waals surface area contributed by atoms with Gasteiger partial charge in [-0.2, -0.15) is 5.10 Å². The van der Waals surface area contributed by atoms with Crippen molar-refractivity contribution in [2.75, 3.05) is 51.4 Å². The summed E-state index contributed by atoms with van der Waals surface area (Å²) in [5.74, 6) is -0.476. The van der Waals surface area contributed by atoms with E-state index in [0.29, 0.717) is 72.5 Å². The molecule has 210 valence electrons. The molecule has 2 aromatic rings. The third-order valence-electron chi connectivity index (χ3n) is 5.50. The molecular weight excluding hydrogens is 572 g/mol. The molecular formula is C27H33BrN4O7. The van der Waals surface area contributed by atoms with E-state index in [1.807, 2.05) is 6.92 Å². The van der Waals surface area contributed by atoms with Gasteiger partial charge in [-0.1, -0.05) is 13.3 Å². The number of carbonyl (C=O) groups is 3. The minimum Gasteiger partial charge on any atom is -0.494 e. The number of hydrogen-bond acceptors (Lipinski definition) is 8. The molecule has 1 saturated heterocycles. The summed E-state index contributed by atoms with van der Waals surface area (Å²) < 4.78 is 22.9. The van der Waals surface area contributed by atoms with Crippen LogP contribution in [0, 0.1) is 0 Å². The van der Waals surface area contributed by atoms with E-state index in [1.165, 1.54) is 6.21 Å². The average molecular weight is 605 g/mol. The molecule has 1 aliphatic rings. The van der Waals surface area contributed by atoms with Crippen LogP contribution in [-0.4, -0.2) is 75.0 Å². The average Bonchev–Trinajstić information content (AvgIpc) is 2.94. The van der Waals surface area contributed by atoms with Crippen LogP contribution < -0.4 is 25.0 Å². The lowest BCUT2D eigenvalue weighted by Gasteiger charge is -2.27. The first-order valence-corrected chi connectivity index (χ1v) is 13.5. The summed E-state index contributed by atoms with van der Waals surface area (Å²) in [7, 11) is 0. The number of halogens is 1. The number of unbranched alkanes of at least 4 members (excludes halogenated alkanes) is 1. The summed E-state index contributed by atoms with van der Waals surface area (Å²) in [6.07, 6.45) is 3.36. The lowest BCUT2D eigenvalue weighted by atomic mass is 10.2. The van der Waals surface area contributed by atoms with E-state index in [2.05, 4.69) is 38.7 Å². The maximum absolute atomic E-state index is 12.4. The Morgan fingerprint density at radius 1 is 1.05 bits per heavy atom. The third kappa shape index (κ3) is 9.56. The summed E-state index contributed by atoms with van der Waals surface area (Å²) in [5, 5.41) is 6.38. The van der Waals surface area contributed by atoms with E-state index in [-0.39, 0.29) is 12.5 Å². The Morgan fingerprint density at radius 2 is 1.79 bits per heavy atom. The maximum Gasteiger partial charge on any atom is 0.329 e. The molecule has 0 bridgehead atoms. The highest BCUT2D eigenvalue weighted by Gasteiger charge is 2.20. The van der Waals surface area contributed by atoms with Gasteiger partial charge >= 0.3 is 11.8 Å². The Balaban J connectivity index is 1.54. The van der Waals surface area contributed by atoms with Crippen LogP contribution in [0.4, 0.5) is 5.69 Å². The molecule has 2 N–H and O–H groups in total. The molecule has 0 atom stereocenters. The Bertz CT molecular complexity index is 1150. The van der Waals surface area contributed by atoms with E-state index >= 15 is 0 Å². The number of carbonyl (C=O) groups excluding carboxylic acids is 3. The molecule has 0 aliphatic carbocycles. The Morgan fingerprint density at radius 3 is 2.49 bits per heavy atom. The molecule has 3 amide bonds. The molecule has 0 aromatic heterocycles. The van der Waals surface area contributed by atoms with Crippen molar-refractivity contribution in [2.45, 2.75) is 26.7 Å². The van der Waals surface area contributed by atoms with Crippen LogP contribution in [0.25, 0.3) is 0 Å². The van der Waals surface area contributed by atoms with Gasteiger partial charge in [-0.05, 0) is 71.2 Å². The minimum absolute atomic E-state index is 0.143. The molecule has 12 heteroatoms. The van der Waals surface area contributed by atoms with E-state index in [1.54, 1.807) is 41.3 Å². The van der Waals surface area contributed by atoms with Crippen molar-refractivity contribution in [3.05, 3.63) is 46.4 Å². The standard InChI is InChI=1S/C27H33BrN4O7/c1-3-5-12-38-21-8-6-20(7-9-21)30-26(34)27(35)31-29-17-19-15-22(28)25(23(16-19)37-4-2)39-18-24(33)32-10-13-36-14-11-32/h6-9,15-17H,3-5,10-14,18H2,1-2H3,(H,30,34)(H,31,35)/b29-17-. The Hall–Kier alpha value is -3.64. The van der Waals surface area contributed by atoms with Gasteiger partial charge in [0.2, 0.25) is 0 Å². The third-order valence-corrected chi connectivity index (χ3v) is 6.09.